The van der Waals surface area contributed by atoms with Crippen molar-refractivity contribution in [3.63, 3.8) is 0 Å². The quantitative estimate of drug-likeness (QED) is 0.619. The predicted octanol–water partition coefficient (Wildman–Crippen LogP) is 2.97. The fourth-order valence-corrected chi connectivity index (χ4v) is 2.77. The molecule has 1 aliphatic carbocycles. The highest BCUT2D eigenvalue weighted by Gasteiger charge is 2.15. The number of fused-ring (bicyclic) bond motifs is 4. The summed E-state index contributed by atoms with van der Waals surface area (Å²) in [5, 5.41) is 1.80. The molecule has 0 amide bonds. The van der Waals surface area contributed by atoms with Gasteiger partial charge in [-0.2, -0.15) is 0 Å². The van der Waals surface area contributed by atoms with E-state index < -0.39 is 0 Å². The van der Waals surface area contributed by atoms with E-state index in [0.717, 1.165) is 46.0 Å². The molecule has 0 unspecified atom stereocenters. The van der Waals surface area contributed by atoms with Crippen molar-refractivity contribution in [1.82, 2.24) is 9.97 Å². The highest BCUT2D eigenvalue weighted by Crippen LogP contribution is 2.24. The second kappa shape index (κ2) is 3.35. The topological polar surface area (TPSA) is 48.6 Å². The molecule has 4 rings (SSSR count). The van der Waals surface area contributed by atoms with Crippen molar-refractivity contribution < 1.29 is 0 Å². The number of nitrogens with one attached hydrogen (secondary N) is 2. The SMILES string of the molecule is O=c1c2c([nH]c3[nH]c4ccccc4c13)C=CCC2. The van der Waals surface area contributed by atoms with E-state index >= 15 is 0 Å². The molecular formula is C15H12N2O. The van der Waals surface area contributed by atoms with Crippen molar-refractivity contribution >= 4 is 28.0 Å². The van der Waals surface area contributed by atoms with Gasteiger partial charge in [-0.15, -0.1) is 0 Å². The molecule has 0 saturated heterocycles. The molecular weight excluding hydrogens is 224 g/mol. The predicted molar refractivity (Wildman–Crippen MR) is 73.8 cm³/mol. The van der Waals surface area contributed by atoms with E-state index in [1.165, 1.54) is 0 Å². The van der Waals surface area contributed by atoms with Gasteiger partial charge >= 0.3 is 0 Å². The van der Waals surface area contributed by atoms with Crippen LogP contribution in [0.25, 0.3) is 28.0 Å². The Kier molecular flexibility index (Phi) is 1.81. The Hall–Kier alpha value is -2.29. The maximum absolute atomic E-state index is 12.6. The minimum Gasteiger partial charge on any atom is -0.341 e. The maximum atomic E-state index is 12.6. The van der Waals surface area contributed by atoms with Crippen molar-refractivity contribution in [2.24, 2.45) is 0 Å². The summed E-state index contributed by atoms with van der Waals surface area (Å²) < 4.78 is 0. The van der Waals surface area contributed by atoms with Crippen LogP contribution < -0.4 is 5.43 Å². The minimum atomic E-state index is 0.167. The van der Waals surface area contributed by atoms with Crippen molar-refractivity contribution in [2.75, 3.05) is 0 Å². The Labute approximate surface area is 103 Å². The van der Waals surface area contributed by atoms with Crippen LogP contribution >= 0.6 is 0 Å². The number of pyridine rings is 1. The van der Waals surface area contributed by atoms with Crippen LogP contribution in [-0.4, -0.2) is 9.97 Å². The third-order valence-electron chi connectivity index (χ3n) is 3.64. The molecule has 2 heterocycles. The van der Waals surface area contributed by atoms with Crippen LogP contribution in [-0.2, 0) is 6.42 Å². The molecule has 2 N–H and O–H groups in total. The number of aromatic amines is 2. The van der Waals surface area contributed by atoms with Gasteiger partial charge in [-0.1, -0.05) is 24.3 Å². The maximum Gasteiger partial charge on any atom is 0.195 e. The summed E-state index contributed by atoms with van der Waals surface area (Å²) >= 11 is 0. The summed E-state index contributed by atoms with van der Waals surface area (Å²) in [7, 11) is 0. The smallest absolute Gasteiger partial charge is 0.195 e. The van der Waals surface area contributed by atoms with E-state index in [2.05, 4.69) is 16.0 Å². The first kappa shape index (κ1) is 9.71. The van der Waals surface area contributed by atoms with Gasteiger partial charge in [0, 0.05) is 22.2 Å². The molecule has 0 bridgehead atoms. The lowest BCUT2D eigenvalue weighted by atomic mass is 10.00. The number of allylic oxidation sites excluding steroid dienone is 1. The van der Waals surface area contributed by atoms with Gasteiger partial charge < -0.3 is 9.97 Å². The summed E-state index contributed by atoms with van der Waals surface area (Å²) in [6.45, 7) is 0. The molecule has 1 aliphatic rings. The molecule has 18 heavy (non-hydrogen) atoms. The van der Waals surface area contributed by atoms with Crippen LogP contribution in [0.3, 0.4) is 0 Å². The number of hydrogen-bond acceptors (Lipinski definition) is 1. The van der Waals surface area contributed by atoms with Crippen molar-refractivity contribution in [2.45, 2.75) is 12.8 Å². The molecule has 1 aromatic carbocycles. The van der Waals surface area contributed by atoms with Gasteiger partial charge in [-0.3, -0.25) is 4.79 Å². The average Bonchev–Trinajstić information content (AvgIpc) is 2.77. The van der Waals surface area contributed by atoms with Gasteiger partial charge in [0.1, 0.15) is 5.65 Å². The van der Waals surface area contributed by atoms with E-state index in [1.54, 1.807) is 0 Å². The third kappa shape index (κ3) is 1.16. The number of rotatable bonds is 0. The standard InChI is InChI=1S/C15H12N2O/c18-14-10-6-2-4-8-12(10)17-15-13(14)9-5-1-3-7-11(9)16-15/h1,3-5,7-8H,2,6H2,(H2,16,17,18). The Balaban J connectivity index is 2.26. The summed E-state index contributed by atoms with van der Waals surface area (Å²) in [6, 6.07) is 7.93. The van der Waals surface area contributed by atoms with Crippen LogP contribution in [0.4, 0.5) is 0 Å². The molecule has 3 aromatic rings. The van der Waals surface area contributed by atoms with E-state index in [-0.39, 0.29) is 5.43 Å². The third-order valence-corrected chi connectivity index (χ3v) is 3.64. The molecule has 88 valence electrons. The second-order valence-corrected chi connectivity index (χ2v) is 4.71. The first-order valence-corrected chi connectivity index (χ1v) is 6.17. The fraction of sp³-hybridized carbons (Fsp3) is 0.133. The van der Waals surface area contributed by atoms with Crippen LogP contribution in [0.1, 0.15) is 17.7 Å². The summed E-state index contributed by atoms with van der Waals surface area (Å²) in [5.41, 5.74) is 3.86. The van der Waals surface area contributed by atoms with E-state index in [1.807, 2.05) is 30.3 Å². The van der Waals surface area contributed by atoms with Crippen molar-refractivity contribution in [1.29, 1.82) is 0 Å². The van der Waals surface area contributed by atoms with E-state index in [9.17, 15) is 4.79 Å². The minimum absolute atomic E-state index is 0.167. The molecule has 0 aliphatic heterocycles. The Bertz CT molecular complexity index is 852. The normalized spacial score (nSPS) is 14.2. The molecule has 0 radical (unpaired) electrons. The monoisotopic (exact) mass is 236 g/mol. The second-order valence-electron chi connectivity index (χ2n) is 4.71. The van der Waals surface area contributed by atoms with E-state index in [4.69, 9.17) is 0 Å². The van der Waals surface area contributed by atoms with E-state index in [0.29, 0.717) is 0 Å². The fourth-order valence-electron chi connectivity index (χ4n) is 2.77. The van der Waals surface area contributed by atoms with Crippen LogP contribution in [0.2, 0.25) is 0 Å². The summed E-state index contributed by atoms with van der Waals surface area (Å²) in [6.07, 6.45) is 5.89. The molecule has 0 fully saturated rings. The largest absolute Gasteiger partial charge is 0.341 e. The zero-order valence-electron chi connectivity index (χ0n) is 9.79. The number of para-hydroxylation sites is 1. The van der Waals surface area contributed by atoms with Crippen LogP contribution in [0, 0.1) is 0 Å². The number of hydrogen-bond donors (Lipinski definition) is 2. The lowest BCUT2D eigenvalue weighted by molar-refractivity contribution is 0.960. The Morgan fingerprint density at radius 1 is 1.11 bits per heavy atom. The highest BCUT2D eigenvalue weighted by molar-refractivity contribution is 6.06. The summed E-state index contributed by atoms with van der Waals surface area (Å²) in [5.74, 6) is 0. The first-order valence-electron chi connectivity index (χ1n) is 6.17. The van der Waals surface area contributed by atoms with Crippen molar-refractivity contribution in [3.05, 3.63) is 51.8 Å². The van der Waals surface area contributed by atoms with Crippen molar-refractivity contribution in [3.8, 4) is 0 Å². The van der Waals surface area contributed by atoms with Crippen LogP contribution in [0.15, 0.2) is 35.1 Å². The van der Waals surface area contributed by atoms with Gasteiger partial charge in [0.2, 0.25) is 0 Å². The highest BCUT2D eigenvalue weighted by atomic mass is 16.1. The van der Waals surface area contributed by atoms with Gasteiger partial charge in [0.05, 0.1) is 5.39 Å². The first-order chi connectivity index (χ1) is 8.84. The molecule has 3 heteroatoms. The van der Waals surface area contributed by atoms with Gasteiger partial charge in [-0.25, -0.2) is 0 Å². The lowest BCUT2D eigenvalue weighted by Gasteiger charge is -2.09. The molecule has 3 nitrogen and oxygen atoms in total. The zero-order valence-corrected chi connectivity index (χ0v) is 9.79. The van der Waals surface area contributed by atoms with Gasteiger partial charge in [-0.05, 0) is 25.0 Å². The molecule has 0 saturated carbocycles. The Morgan fingerprint density at radius 2 is 2.00 bits per heavy atom. The molecule has 2 aromatic heterocycles. The Morgan fingerprint density at radius 3 is 2.94 bits per heavy atom. The average molecular weight is 236 g/mol. The van der Waals surface area contributed by atoms with Crippen LogP contribution in [0.5, 0.6) is 0 Å². The zero-order chi connectivity index (χ0) is 12.1. The molecule has 0 atom stereocenters. The number of benzene rings is 1. The number of aromatic nitrogens is 2. The van der Waals surface area contributed by atoms with Gasteiger partial charge in [0.25, 0.3) is 0 Å². The summed E-state index contributed by atoms with van der Waals surface area (Å²) in [4.78, 5) is 19.2. The number of H-pyrrole nitrogens is 2. The molecule has 0 spiro atoms. The lowest BCUT2D eigenvalue weighted by Crippen LogP contribution is -2.14. The van der Waals surface area contributed by atoms with Gasteiger partial charge in [0.15, 0.2) is 5.43 Å².